The molecule has 2 N–H and O–H groups in total. The summed E-state index contributed by atoms with van der Waals surface area (Å²) in [4.78, 5) is 9.37. The van der Waals surface area contributed by atoms with Crippen molar-refractivity contribution in [3.05, 3.63) is 34.7 Å². The van der Waals surface area contributed by atoms with E-state index < -0.39 is 0 Å². The molecule has 0 fully saturated rings. The molecule has 3 aromatic rings. The Kier molecular flexibility index (Phi) is 3.54. The molecule has 20 heavy (non-hydrogen) atoms. The number of thiazole rings is 1. The Morgan fingerprint density at radius 2 is 2.10 bits per heavy atom. The SMILES string of the molecule is CCCn1c(-c2csc(C(C)N)n2)nc2ccccc21. The molecular formula is C15H18N4S. The number of fused-ring (bicyclic) bond motifs is 1. The second-order valence-corrected chi connectivity index (χ2v) is 5.83. The molecule has 2 aromatic heterocycles. The Morgan fingerprint density at radius 1 is 1.30 bits per heavy atom. The van der Waals surface area contributed by atoms with E-state index in [4.69, 9.17) is 10.7 Å². The molecule has 0 spiro atoms. The number of para-hydroxylation sites is 2. The summed E-state index contributed by atoms with van der Waals surface area (Å²) in [6, 6.07) is 8.19. The molecule has 0 amide bonds. The van der Waals surface area contributed by atoms with Crippen LogP contribution in [0.2, 0.25) is 0 Å². The van der Waals surface area contributed by atoms with Crippen LogP contribution in [-0.4, -0.2) is 14.5 Å². The molecule has 0 aliphatic heterocycles. The lowest BCUT2D eigenvalue weighted by Gasteiger charge is -2.05. The van der Waals surface area contributed by atoms with Crippen molar-refractivity contribution in [3.8, 4) is 11.5 Å². The highest BCUT2D eigenvalue weighted by Gasteiger charge is 2.15. The van der Waals surface area contributed by atoms with Gasteiger partial charge in [0.15, 0.2) is 5.82 Å². The van der Waals surface area contributed by atoms with Gasteiger partial charge in [-0.25, -0.2) is 9.97 Å². The summed E-state index contributed by atoms with van der Waals surface area (Å²) in [5.74, 6) is 0.941. The minimum atomic E-state index is -0.0299. The van der Waals surface area contributed by atoms with E-state index in [-0.39, 0.29) is 6.04 Å². The zero-order valence-electron chi connectivity index (χ0n) is 11.7. The van der Waals surface area contributed by atoms with Gasteiger partial charge in [0.1, 0.15) is 10.7 Å². The molecule has 0 radical (unpaired) electrons. The molecule has 0 aliphatic carbocycles. The molecule has 0 saturated carbocycles. The highest BCUT2D eigenvalue weighted by molar-refractivity contribution is 7.10. The van der Waals surface area contributed by atoms with Gasteiger partial charge in [-0.3, -0.25) is 0 Å². The maximum atomic E-state index is 5.90. The number of benzene rings is 1. The lowest BCUT2D eigenvalue weighted by molar-refractivity contribution is 0.702. The molecule has 4 nitrogen and oxygen atoms in total. The number of hydrogen-bond donors (Lipinski definition) is 1. The highest BCUT2D eigenvalue weighted by atomic mass is 32.1. The van der Waals surface area contributed by atoms with Gasteiger partial charge < -0.3 is 10.3 Å². The van der Waals surface area contributed by atoms with Crippen molar-refractivity contribution in [1.82, 2.24) is 14.5 Å². The van der Waals surface area contributed by atoms with Gasteiger partial charge in [-0.15, -0.1) is 11.3 Å². The van der Waals surface area contributed by atoms with Crippen LogP contribution in [0.15, 0.2) is 29.6 Å². The summed E-state index contributed by atoms with van der Waals surface area (Å²) in [5.41, 5.74) is 9.01. The number of nitrogens with zero attached hydrogens (tertiary/aromatic N) is 3. The molecule has 1 atom stereocenters. The van der Waals surface area contributed by atoms with Crippen LogP contribution in [0.4, 0.5) is 0 Å². The third-order valence-electron chi connectivity index (χ3n) is 3.24. The Labute approximate surface area is 122 Å². The van der Waals surface area contributed by atoms with Crippen molar-refractivity contribution < 1.29 is 0 Å². The van der Waals surface area contributed by atoms with E-state index in [1.807, 2.05) is 30.5 Å². The summed E-state index contributed by atoms with van der Waals surface area (Å²) < 4.78 is 2.25. The van der Waals surface area contributed by atoms with E-state index in [1.165, 1.54) is 5.52 Å². The Morgan fingerprint density at radius 3 is 2.80 bits per heavy atom. The van der Waals surface area contributed by atoms with Crippen molar-refractivity contribution in [2.75, 3.05) is 0 Å². The van der Waals surface area contributed by atoms with Crippen LogP contribution in [0.25, 0.3) is 22.6 Å². The zero-order chi connectivity index (χ0) is 14.1. The molecule has 1 unspecified atom stereocenters. The third-order valence-corrected chi connectivity index (χ3v) is 4.29. The quantitative estimate of drug-likeness (QED) is 0.797. The second kappa shape index (κ2) is 5.34. The van der Waals surface area contributed by atoms with E-state index in [2.05, 4.69) is 22.5 Å². The highest BCUT2D eigenvalue weighted by Crippen LogP contribution is 2.27. The smallest absolute Gasteiger partial charge is 0.160 e. The summed E-state index contributed by atoms with van der Waals surface area (Å²) in [5, 5.41) is 3.00. The second-order valence-electron chi connectivity index (χ2n) is 4.94. The largest absolute Gasteiger partial charge is 0.323 e. The van der Waals surface area contributed by atoms with Gasteiger partial charge in [-0.1, -0.05) is 19.1 Å². The summed E-state index contributed by atoms with van der Waals surface area (Å²) in [7, 11) is 0. The van der Waals surface area contributed by atoms with Gasteiger partial charge in [-0.05, 0) is 25.5 Å². The van der Waals surface area contributed by atoms with Crippen molar-refractivity contribution in [2.45, 2.75) is 32.9 Å². The molecule has 104 valence electrons. The van der Waals surface area contributed by atoms with Crippen LogP contribution in [0, 0.1) is 0 Å². The van der Waals surface area contributed by atoms with Gasteiger partial charge in [0, 0.05) is 11.9 Å². The van der Waals surface area contributed by atoms with Gasteiger partial charge in [0.05, 0.1) is 17.1 Å². The molecular weight excluding hydrogens is 268 g/mol. The monoisotopic (exact) mass is 286 g/mol. The van der Waals surface area contributed by atoms with Crippen LogP contribution in [0.3, 0.4) is 0 Å². The maximum Gasteiger partial charge on any atom is 0.160 e. The predicted octanol–water partition coefficient (Wildman–Crippen LogP) is 3.59. The molecule has 0 saturated heterocycles. The number of aryl methyl sites for hydroxylation is 1. The van der Waals surface area contributed by atoms with Crippen LogP contribution < -0.4 is 5.73 Å². The van der Waals surface area contributed by atoms with Crippen molar-refractivity contribution >= 4 is 22.4 Å². The Balaban J connectivity index is 2.15. The first-order chi connectivity index (χ1) is 9.70. The fourth-order valence-electron chi connectivity index (χ4n) is 2.32. The number of hydrogen-bond acceptors (Lipinski definition) is 4. The van der Waals surface area contributed by atoms with Gasteiger partial charge >= 0.3 is 0 Å². The minimum Gasteiger partial charge on any atom is -0.323 e. The first kappa shape index (κ1) is 13.3. The molecule has 0 bridgehead atoms. The number of aromatic nitrogens is 3. The summed E-state index contributed by atoms with van der Waals surface area (Å²) in [6.45, 7) is 5.07. The first-order valence-corrected chi connectivity index (χ1v) is 7.75. The van der Waals surface area contributed by atoms with E-state index in [0.29, 0.717) is 0 Å². The van der Waals surface area contributed by atoms with Crippen LogP contribution >= 0.6 is 11.3 Å². The van der Waals surface area contributed by atoms with Gasteiger partial charge in [0.25, 0.3) is 0 Å². The lowest BCUT2D eigenvalue weighted by Crippen LogP contribution is -2.04. The summed E-state index contributed by atoms with van der Waals surface area (Å²) >= 11 is 1.60. The molecule has 5 heteroatoms. The number of rotatable bonds is 4. The van der Waals surface area contributed by atoms with E-state index in [9.17, 15) is 0 Å². The predicted molar refractivity (Wildman–Crippen MR) is 83.7 cm³/mol. The van der Waals surface area contributed by atoms with Gasteiger partial charge in [0.2, 0.25) is 0 Å². The molecule has 1 aromatic carbocycles. The van der Waals surface area contributed by atoms with Crippen molar-refractivity contribution in [1.29, 1.82) is 0 Å². The van der Waals surface area contributed by atoms with E-state index in [1.54, 1.807) is 11.3 Å². The van der Waals surface area contributed by atoms with E-state index in [0.717, 1.165) is 35.0 Å². The standard InChI is InChI=1S/C15H18N4S/c1-3-8-19-13-7-5-4-6-11(13)17-14(19)12-9-20-15(18-12)10(2)16/h4-7,9-10H,3,8,16H2,1-2H3. The fraction of sp³-hybridized carbons (Fsp3) is 0.333. The topological polar surface area (TPSA) is 56.7 Å². The lowest BCUT2D eigenvalue weighted by atomic mass is 10.3. The van der Waals surface area contributed by atoms with E-state index >= 15 is 0 Å². The Bertz CT molecular complexity index is 726. The van der Waals surface area contributed by atoms with Crippen LogP contribution in [0.1, 0.15) is 31.3 Å². The third kappa shape index (κ3) is 2.23. The number of imidazole rings is 1. The number of nitrogens with two attached hydrogens (primary N) is 1. The van der Waals surface area contributed by atoms with Crippen LogP contribution in [0.5, 0.6) is 0 Å². The molecule has 2 heterocycles. The average molecular weight is 286 g/mol. The van der Waals surface area contributed by atoms with Crippen molar-refractivity contribution in [3.63, 3.8) is 0 Å². The summed E-state index contributed by atoms with van der Waals surface area (Å²) in [6.07, 6.45) is 1.07. The average Bonchev–Trinajstić information content (AvgIpc) is 3.04. The maximum absolute atomic E-state index is 5.90. The van der Waals surface area contributed by atoms with Crippen LogP contribution in [-0.2, 0) is 6.54 Å². The van der Waals surface area contributed by atoms with Crippen molar-refractivity contribution in [2.24, 2.45) is 5.73 Å². The zero-order valence-corrected chi connectivity index (χ0v) is 12.5. The molecule has 0 aliphatic rings. The molecule has 3 rings (SSSR count). The fourth-order valence-corrected chi connectivity index (χ4v) is 3.08. The first-order valence-electron chi connectivity index (χ1n) is 6.87. The minimum absolute atomic E-state index is 0.0299. The normalized spacial score (nSPS) is 12.9. The van der Waals surface area contributed by atoms with Gasteiger partial charge in [-0.2, -0.15) is 0 Å². The Hall–Kier alpha value is -1.72.